The molecular weight excluding hydrogens is 386 g/mol. The summed E-state index contributed by atoms with van der Waals surface area (Å²) in [5.41, 5.74) is 1.49. The summed E-state index contributed by atoms with van der Waals surface area (Å²) in [7, 11) is 1.68. The number of para-hydroxylation sites is 1. The number of hydrogen-bond acceptors (Lipinski definition) is 6. The number of amides is 1. The third-order valence-corrected chi connectivity index (χ3v) is 5.77. The molecule has 0 radical (unpaired) electrons. The van der Waals surface area contributed by atoms with Gasteiger partial charge in [-0.2, -0.15) is 0 Å². The lowest BCUT2D eigenvalue weighted by Gasteiger charge is -2.29. The molecule has 3 rings (SSSR count). The second-order valence-corrected chi connectivity index (χ2v) is 9.34. The van der Waals surface area contributed by atoms with Gasteiger partial charge >= 0.3 is 6.09 Å². The molecule has 7 heteroatoms. The van der Waals surface area contributed by atoms with Crippen molar-refractivity contribution in [2.24, 2.45) is 5.92 Å². The number of thiazole rings is 1. The van der Waals surface area contributed by atoms with Crippen molar-refractivity contribution < 1.29 is 14.3 Å². The molecule has 1 aromatic heterocycles. The zero-order chi connectivity index (χ0) is 20.9. The Bertz CT molecular complexity index is 808. The van der Waals surface area contributed by atoms with Crippen LogP contribution in [0.2, 0.25) is 0 Å². The molecule has 2 aromatic rings. The van der Waals surface area contributed by atoms with E-state index in [2.05, 4.69) is 16.0 Å². The Kier molecular flexibility index (Phi) is 7.00. The molecule has 1 aromatic carbocycles. The smallest absolute Gasteiger partial charge is 0.407 e. The van der Waals surface area contributed by atoms with Crippen LogP contribution in [0.25, 0.3) is 11.3 Å². The predicted octanol–water partition coefficient (Wildman–Crippen LogP) is 5.31. The highest BCUT2D eigenvalue weighted by molar-refractivity contribution is 7.14. The molecule has 158 valence electrons. The molecule has 0 unspecified atom stereocenters. The molecule has 0 spiro atoms. The number of alkyl carbamates (subject to hydrolysis) is 1. The molecule has 0 bridgehead atoms. The lowest BCUT2D eigenvalue weighted by atomic mass is 9.86. The van der Waals surface area contributed by atoms with E-state index in [4.69, 9.17) is 14.5 Å². The lowest BCUT2D eigenvalue weighted by molar-refractivity contribution is 0.0515. The highest BCUT2D eigenvalue weighted by Crippen LogP contribution is 2.33. The van der Waals surface area contributed by atoms with E-state index in [1.165, 1.54) is 0 Å². The third kappa shape index (κ3) is 6.35. The van der Waals surface area contributed by atoms with Gasteiger partial charge in [0, 0.05) is 23.5 Å². The number of carbonyl (C=O) groups is 1. The van der Waals surface area contributed by atoms with Crippen LogP contribution in [0.5, 0.6) is 5.75 Å². The summed E-state index contributed by atoms with van der Waals surface area (Å²) in [6.07, 6.45) is 3.98. The molecule has 0 aliphatic heterocycles. The number of ether oxygens (including phenoxy) is 2. The summed E-state index contributed by atoms with van der Waals surface area (Å²) in [6, 6.07) is 8.36. The highest BCUT2D eigenvalue weighted by Gasteiger charge is 2.23. The van der Waals surface area contributed by atoms with E-state index >= 15 is 0 Å². The number of nitrogens with zero attached hydrogens (tertiary/aromatic N) is 1. The predicted molar refractivity (Wildman–Crippen MR) is 118 cm³/mol. The summed E-state index contributed by atoms with van der Waals surface area (Å²) in [4.78, 5) is 16.6. The monoisotopic (exact) mass is 417 g/mol. The van der Waals surface area contributed by atoms with E-state index in [9.17, 15) is 4.79 Å². The van der Waals surface area contributed by atoms with E-state index in [-0.39, 0.29) is 6.09 Å². The Morgan fingerprint density at radius 1 is 1.21 bits per heavy atom. The van der Waals surface area contributed by atoms with E-state index in [0.29, 0.717) is 18.5 Å². The minimum Gasteiger partial charge on any atom is -0.496 e. The fourth-order valence-corrected chi connectivity index (χ4v) is 4.34. The standard InChI is InChI=1S/C22H31N3O3S/c1-22(2,3)28-21(26)23-13-15-9-11-16(12-10-15)24-20-25-18(14-29-20)17-7-5-6-8-19(17)27-4/h5-8,14-16H,9-13H2,1-4H3,(H,23,26)(H,24,25). The fourth-order valence-electron chi connectivity index (χ4n) is 3.55. The first-order chi connectivity index (χ1) is 13.8. The van der Waals surface area contributed by atoms with Crippen LogP contribution in [0.3, 0.4) is 0 Å². The van der Waals surface area contributed by atoms with Gasteiger partial charge in [-0.25, -0.2) is 9.78 Å². The molecule has 29 heavy (non-hydrogen) atoms. The quantitative estimate of drug-likeness (QED) is 0.666. The molecule has 1 heterocycles. The van der Waals surface area contributed by atoms with Crippen molar-refractivity contribution in [2.45, 2.75) is 58.1 Å². The average Bonchev–Trinajstić information content (AvgIpc) is 3.14. The number of methoxy groups -OCH3 is 1. The molecule has 1 aliphatic rings. The lowest BCUT2D eigenvalue weighted by Crippen LogP contribution is -2.37. The summed E-state index contributed by atoms with van der Waals surface area (Å²) in [5, 5.41) is 9.49. The van der Waals surface area contributed by atoms with Crippen molar-refractivity contribution in [2.75, 3.05) is 19.0 Å². The van der Waals surface area contributed by atoms with Crippen molar-refractivity contribution >= 4 is 22.6 Å². The number of hydrogen-bond donors (Lipinski definition) is 2. The van der Waals surface area contributed by atoms with Gasteiger partial charge in [0.05, 0.1) is 12.8 Å². The first kappa shape index (κ1) is 21.4. The Labute approximate surface area is 177 Å². The Balaban J connectivity index is 1.46. The maximum atomic E-state index is 11.8. The van der Waals surface area contributed by atoms with Gasteiger partial charge in [-0.3, -0.25) is 0 Å². The van der Waals surface area contributed by atoms with Gasteiger partial charge in [-0.15, -0.1) is 11.3 Å². The number of carbonyl (C=O) groups excluding carboxylic acids is 1. The van der Waals surface area contributed by atoms with Gasteiger partial charge in [0.1, 0.15) is 11.4 Å². The van der Waals surface area contributed by atoms with E-state index in [1.807, 2.05) is 45.0 Å². The van der Waals surface area contributed by atoms with Crippen LogP contribution < -0.4 is 15.4 Å². The molecule has 1 saturated carbocycles. The first-order valence-corrected chi connectivity index (χ1v) is 11.0. The van der Waals surface area contributed by atoms with Crippen molar-refractivity contribution in [3.63, 3.8) is 0 Å². The van der Waals surface area contributed by atoms with Crippen LogP contribution in [0.1, 0.15) is 46.5 Å². The van der Waals surface area contributed by atoms with Crippen LogP contribution in [0, 0.1) is 5.92 Å². The summed E-state index contributed by atoms with van der Waals surface area (Å²) >= 11 is 1.63. The van der Waals surface area contributed by atoms with Crippen molar-refractivity contribution in [1.82, 2.24) is 10.3 Å². The average molecular weight is 418 g/mol. The number of benzene rings is 1. The van der Waals surface area contributed by atoms with Gasteiger partial charge in [0.25, 0.3) is 0 Å². The minimum absolute atomic E-state index is 0.329. The topological polar surface area (TPSA) is 72.5 Å². The van der Waals surface area contributed by atoms with E-state index < -0.39 is 5.60 Å². The Morgan fingerprint density at radius 3 is 2.62 bits per heavy atom. The number of anilines is 1. The van der Waals surface area contributed by atoms with Crippen LogP contribution in [-0.2, 0) is 4.74 Å². The van der Waals surface area contributed by atoms with Gasteiger partial charge in [-0.1, -0.05) is 12.1 Å². The summed E-state index contributed by atoms with van der Waals surface area (Å²) in [6.45, 7) is 6.31. The first-order valence-electron chi connectivity index (χ1n) is 10.2. The van der Waals surface area contributed by atoms with Crippen LogP contribution in [0.4, 0.5) is 9.93 Å². The molecule has 0 saturated heterocycles. The van der Waals surface area contributed by atoms with Gasteiger partial charge in [0.15, 0.2) is 5.13 Å². The largest absolute Gasteiger partial charge is 0.496 e. The van der Waals surface area contributed by atoms with E-state index in [0.717, 1.165) is 47.8 Å². The van der Waals surface area contributed by atoms with Crippen molar-refractivity contribution in [3.05, 3.63) is 29.6 Å². The van der Waals surface area contributed by atoms with Crippen LogP contribution in [-0.4, -0.2) is 36.4 Å². The summed E-state index contributed by atoms with van der Waals surface area (Å²) in [5.74, 6) is 1.34. The number of aromatic nitrogens is 1. The normalized spacial score (nSPS) is 19.4. The second-order valence-electron chi connectivity index (χ2n) is 8.48. The Hall–Kier alpha value is -2.28. The van der Waals surface area contributed by atoms with Gasteiger partial charge in [-0.05, 0) is 64.5 Å². The zero-order valence-electron chi connectivity index (χ0n) is 17.7. The molecule has 2 N–H and O–H groups in total. The van der Waals surface area contributed by atoms with Crippen LogP contribution >= 0.6 is 11.3 Å². The highest BCUT2D eigenvalue weighted by atomic mass is 32.1. The number of nitrogens with one attached hydrogen (secondary N) is 2. The maximum Gasteiger partial charge on any atom is 0.407 e. The summed E-state index contributed by atoms with van der Waals surface area (Å²) < 4.78 is 10.7. The van der Waals surface area contributed by atoms with Gasteiger partial charge in [0.2, 0.25) is 0 Å². The molecule has 6 nitrogen and oxygen atoms in total. The SMILES string of the molecule is COc1ccccc1-c1csc(NC2CCC(CNC(=O)OC(C)(C)C)CC2)n1. The molecule has 1 aliphatic carbocycles. The van der Waals surface area contributed by atoms with Crippen molar-refractivity contribution in [1.29, 1.82) is 0 Å². The molecule has 0 atom stereocenters. The van der Waals surface area contributed by atoms with Crippen molar-refractivity contribution in [3.8, 4) is 17.0 Å². The van der Waals surface area contributed by atoms with Gasteiger partial charge < -0.3 is 20.1 Å². The fraction of sp³-hybridized carbons (Fsp3) is 0.545. The third-order valence-electron chi connectivity index (χ3n) is 5.00. The van der Waals surface area contributed by atoms with Crippen LogP contribution in [0.15, 0.2) is 29.6 Å². The number of rotatable bonds is 6. The minimum atomic E-state index is -0.456. The zero-order valence-corrected chi connectivity index (χ0v) is 18.5. The molecular formula is C22H31N3O3S. The Morgan fingerprint density at radius 2 is 1.93 bits per heavy atom. The molecule has 1 amide bonds. The van der Waals surface area contributed by atoms with E-state index in [1.54, 1.807) is 18.4 Å². The maximum absolute atomic E-state index is 11.8. The molecule has 1 fully saturated rings. The second kappa shape index (κ2) is 9.48.